The molecule has 0 bridgehead atoms. The van der Waals surface area contributed by atoms with Crippen LogP contribution in [0.3, 0.4) is 0 Å². The molecule has 64 valence electrons. The van der Waals surface area contributed by atoms with Crippen LogP contribution >= 0.6 is 11.6 Å². The van der Waals surface area contributed by atoms with Crippen molar-refractivity contribution >= 4 is 23.1 Å². The molecule has 0 saturated heterocycles. The fourth-order valence-corrected chi connectivity index (χ4v) is 1.17. The lowest BCUT2D eigenvalue weighted by molar-refractivity contribution is 0.101. The zero-order valence-electron chi connectivity index (χ0n) is 7.02. The van der Waals surface area contributed by atoms with Gasteiger partial charge in [0.2, 0.25) is 0 Å². The summed E-state index contributed by atoms with van der Waals surface area (Å²) in [5.41, 5.74) is 7.39. The van der Waals surface area contributed by atoms with Crippen molar-refractivity contribution in [2.75, 3.05) is 5.73 Å². The highest BCUT2D eigenvalue weighted by molar-refractivity contribution is 6.34. The van der Waals surface area contributed by atoms with Gasteiger partial charge in [-0.1, -0.05) is 17.7 Å². The molecule has 1 aromatic carbocycles. The summed E-state index contributed by atoms with van der Waals surface area (Å²) in [6.45, 7) is 3.32. The SMILES string of the molecule is CC(=O)c1ccc(C)c(Cl)c1N. The first-order valence-electron chi connectivity index (χ1n) is 3.59. The van der Waals surface area contributed by atoms with E-state index in [1.807, 2.05) is 6.92 Å². The molecule has 1 rings (SSSR count). The van der Waals surface area contributed by atoms with Gasteiger partial charge < -0.3 is 5.73 Å². The number of carbonyl (C=O) groups excluding carboxylic acids is 1. The second kappa shape index (κ2) is 3.15. The van der Waals surface area contributed by atoms with Crippen LogP contribution in [0.4, 0.5) is 5.69 Å². The van der Waals surface area contributed by atoms with Crippen LogP contribution in [-0.4, -0.2) is 5.78 Å². The van der Waals surface area contributed by atoms with E-state index in [-0.39, 0.29) is 5.78 Å². The monoisotopic (exact) mass is 183 g/mol. The maximum absolute atomic E-state index is 11.0. The number of rotatable bonds is 1. The van der Waals surface area contributed by atoms with Crippen molar-refractivity contribution in [1.29, 1.82) is 0 Å². The molecule has 1 aromatic rings. The van der Waals surface area contributed by atoms with Crippen molar-refractivity contribution in [1.82, 2.24) is 0 Å². The Balaban J connectivity index is 3.36. The molecule has 2 nitrogen and oxygen atoms in total. The molecule has 0 saturated carbocycles. The fraction of sp³-hybridized carbons (Fsp3) is 0.222. The van der Waals surface area contributed by atoms with Crippen LogP contribution in [0.15, 0.2) is 12.1 Å². The molecule has 0 fully saturated rings. The molecule has 0 heterocycles. The number of ketones is 1. The molecule has 0 aliphatic heterocycles. The summed E-state index contributed by atoms with van der Waals surface area (Å²) >= 11 is 5.85. The third-order valence-corrected chi connectivity index (χ3v) is 2.25. The number of Topliss-reactive ketones (excluding diaryl/α,β-unsaturated/α-hetero) is 1. The lowest BCUT2D eigenvalue weighted by atomic mass is 10.1. The van der Waals surface area contributed by atoms with Gasteiger partial charge in [-0.15, -0.1) is 0 Å². The van der Waals surface area contributed by atoms with Gasteiger partial charge in [-0.2, -0.15) is 0 Å². The van der Waals surface area contributed by atoms with Gasteiger partial charge in [-0.3, -0.25) is 4.79 Å². The van der Waals surface area contributed by atoms with Crippen LogP contribution < -0.4 is 5.73 Å². The van der Waals surface area contributed by atoms with Crippen LogP contribution in [-0.2, 0) is 0 Å². The van der Waals surface area contributed by atoms with Crippen LogP contribution in [0, 0.1) is 6.92 Å². The normalized spacial score (nSPS) is 9.92. The predicted molar refractivity (Wildman–Crippen MR) is 50.6 cm³/mol. The summed E-state index contributed by atoms with van der Waals surface area (Å²) in [6, 6.07) is 3.48. The van der Waals surface area contributed by atoms with E-state index in [4.69, 9.17) is 17.3 Å². The minimum Gasteiger partial charge on any atom is -0.397 e. The largest absolute Gasteiger partial charge is 0.397 e. The quantitative estimate of drug-likeness (QED) is 0.537. The highest BCUT2D eigenvalue weighted by atomic mass is 35.5. The zero-order valence-corrected chi connectivity index (χ0v) is 7.77. The first-order chi connectivity index (χ1) is 5.54. The Morgan fingerprint density at radius 3 is 2.58 bits per heavy atom. The molecule has 0 aromatic heterocycles. The number of nitrogen functional groups attached to an aromatic ring is 1. The number of nitrogens with two attached hydrogens (primary N) is 1. The summed E-state index contributed by atoms with van der Waals surface area (Å²) in [5, 5.41) is 0.475. The van der Waals surface area contributed by atoms with E-state index in [0.717, 1.165) is 5.56 Å². The van der Waals surface area contributed by atoms with Gasteiger partial charge in [-0.05, 0) is 25.5 Å². The van der Waals surface area contributed by atoms with Gasteiger partial charge >= 0.3 is 0 Å². The van der Waals surface area contributed by atoms with Gasteiger partial charge in [0.25, 0.3) is 0 Å². The molecule has 3 heteroatoms. The fourth-order valence-electron chi connectivity index (χ4n) is 1.01. The molecule has 0 aliphatic carbocycles. The standard InChI is InChI=1S/C9H10ClNO/c1-5-3-4-7(6(2)12)9(11)8(5)10/h3-4H,11H2,1-2H3. The Morgan fingerprint density at radius 2 is 2.08 bits per heavy atom. The number of halogens is 1. The van der Waals surface area contributed by atoms with Crippen molar-refractivity contribution in [2.45, 2.75) is 13.8 Å². The molecular formula is C9H10ClNO. The molecule has 0 radical (unpaired) electrons. The Bertz CT molecular complexity index is 334. The Kier molecular flexibility index (Phi) is 2.38. The van der Waals surface area contributed by atoms with E-state index in [9.17, 15) is 4.79 Å². The molecule has 12 heavy (non-hydrogen) atoms. The molecule has 0 unspecified atom stereocenters. The van der Waals surface area contributed by atoms with E-state index in [0.29, 0.717) is 16.3 Å². The van der Waals surface area contributed by atoms with Crippen LogP contribution in [0.1, 0.15) is 22.8 Å². The number of hydrogen-bond donors (Lipinski definition) is 1. The summed E-state index contributed by atoms with van der Waals surface area (Å²) in [6.07, 6.45) is 0. The molecule has 2 N–H and O–H groups in total. The van der Waals surface area contributed by atoms with Gasteiger partial charge in [-0.25, -0.2) is 0 Å². The van der Waals surface area contributed by atoms with Crippen molar-refractivity contribution in [3.8, 4) is 0 Å². The second-order valence-corrected chi connectivity index (χ2v) is 3.09. The molecular weight excluding hydrogens is 174 g/mol. The summed E-state index contributed by atoms with van der Waals surface area (Å²) in [5.74, 6) is -0.0607. The molecule has 0 aliphatic rings. The van der Waals surface area contributed by atoms with Crippen LogP contribution in [0.5, 0.6) is 0 Å². The van der Waals surface area contributed by atoms with Gasteiger partial charge in [0, 0.05) is 5.56 Å². The number of carbonyl (C=O) groups is 1. The van der Waals surface area contributed by atoms with Crippen LogP contribution in [0.2, 0.25) is 5.02 Å². The lowest BCUT2D eigenvalue weighted by Crippen LogP contribution is -2.00. The molecule has 0 atom stereocenters. The molecule has 0 spiro atoms. The van der Waals surface area contributed by atoms with E-state index in [1.165, 1.54) is 6.92 Å². The van der Waals surface area contributed by atoms with E-state index in [1.54, 1.807) is 12.1 Å². The smallest absolute Gasteiger partial charge is 0.161 e. The van der Waals surface area contributed by atoms with Crippen molar-refractivity contribution < 1.29 is 4.79 Å². The maximum Gasteiger partial charge on any atom is 0.161 e. The average Bonchev–Trinajstić information content (AvgIpc) is 2.00. The number of anilines is 1. The van der Waals surface area contributed by atoms with Crippen molar-refractivity contribution in [3.63, 3.8) is 0 Å². The third-order valence-electron chi connectivity index (χ3n) is 1.75. The van der Waals surface area contributed by atoms with E-state index < -0.39 is 0 Å². The zero-order chi connectivity index (χ0) is 9.30. The average molecular weight is 184 g/mol. The lowest BCUT2D eigenvalue weighted by Gasteiger charge is -2.05. The number of benzene rings is 1. The van der Waals surface area contributed by atoms with Gasteiger partial charge in [0.15, 0.2) is 5.78 Å². The number of aryl methyl sites for hydroxylation is 1. The minimum absolute atomic E-state index is 0.0607. The molecule has 0 amide bonds. The Hall–Kier alpha value is -1.02. The number of hydrogen-bond acceptors (Lipinski definition) is 2. The summed E-state index contributed by atoms with van der Waals surface area (Å²) < 4.78 is 0. The Labute approximate surface area is 76.3 Å². The minimum atomic E-state index is -0.0607. The van der Waals surface area contributed by atoms with Crippen molar-refractivity contribution in [3.05, 3.63) is 28.3 Å². The maximum atomic E-state index is 11.0. The summed E-state index contributed by atoms with van der Waals surface area (Å²) in [7, 11) is 0. The highest BCUT2D eigenvalue weighted by Crippen LogP contribution is 2.26. The van der Waals surface area contributed by atoms with E-state index >= 15 is 0 Å². The second-order valence-electron chi connectivity index (χ2n) is 2.71. The predicted octanol–water partition coefficient (Wildman–Crippen LogP) is 2.43. The van der Waals surface area contributed by atoms with Gasteiger partial charge in [0.1, 0.15) is 0 Å². The van der Waals surface area contributed by atoms with Crippen LogP contribution in [0.25, 0.3) is 0 Å². The first kappa shape index (κ1) is 9.07. The third kappa shape index (κ3) is 1.43. The first-order valence-corrected chi connectivity index (χ1v) is 3.97. The summed E-state index contributed by atoms with van der Waals surface area (Å²) in [4.78, 5) is 11.0. The van der Waals surface area contributed by atoms with E-state index in [2.05, 4.69) is 0 Å². The Morgan fingerprint density at radius 1 is 1.50 bits per heavy atom. The van der Waals surface area contributed by atoms with Gasteiger partial charge in [0.05, 0.1) is 10.7 Å². The van der Waals surface area contributed by atoms with Crippen molar-refractivity contribution in [2.24, 2.45) is 0 Å². The topological polar surface area (TPSA) is 43.1 Å². The highest BCUT2D eigenvalue weighted by Gasteiger charge is 2.08.